The first-order valence-corrected chi connectivity index (χ1v) is 12.6. The minimum absolute atomic E-state index is 0.0596. The van der Waals surface area contributed by atoms with Gasteiger partial charge in [0.1, 0.15) is 23.9 Å². The maximum atomic E-state index is 13.3. The molecule has 1 aromatic rings. The van der Waals surface area contributed by atoms with Crippen LogP contribution in [0.2, 0.25) is 0 Å². The van der Waals surface area contributed by atoms with Crippen LogP contribution in [0, 0.1) is 11.8 Å². The number of benzene rings is 1. The molecule has 5 unspecified atom stereocenters. The van der Waals surface area contributed by atoms with Crippen LogP contribution < -0.4 is 16.4 Å². The number of nitrogens with two attached hydrogens (primary N) is 1. The molecule has 200 valence electrons. The highest BCUT2D eigenvalue weighted by molar-refractivity contribution is 5.94. The number of rotatable bonds is 12. The third-order valence-corrected chi connectivity index (χ3v) is 6.67. The summed E-state index contributed by atoms with van der Waals surface area (Å²) in [6.07, 6.45) is 2.22. The van der Waals surface area contributed by atoms with Gasteiger partial charge in [0.15, 0.2) is 0 Å². The van der Waals surface area contributed by atoms with Crippen molar-refractivity contribution in [1.29, 1.82) is 0 Å². The van der Waals surface area contributed by atoms with Gasteiger partial charge in [-0.25, -0.2) is 4.79 Å². The first-order chi connectivity index (χ1) is 16.9. The molecule has 36 heavy (non-hydrogen) atoms. The molecule has 2 rings (SSSR count). The lowest BCUT2D eigenvalue weighted by molar-refractivity contribution is -0.144. The van der Waals surface area contributed by atoms with Gasteiger partial charge in [-0.1, -0.05) is 46.2 Å². The van der Waals surface area contributed by atoms with Gasteiger partial charge in [0.05, 0.1) is 6.04 Å². The second-order valence-electron chi connectivity index (χ2n) is 10.1. The number of phenols is 1. The molecule has 0 radical (unpaired) electrons. The van der Waals surface area contributed by atoms with E-state index in [2.05, 4.69) is 10.6 Å². The Hall–Kier alpha value is -3.14. The molecule has 0 saturated carbocycles. The number of carbonyl (C=O) groups is 4. The number of carboxylic acids is 1. The third-order valence-electron chi connectivity index (χ3n) is 6.67. The number of hydrogen-bond donors (Lipinski definition) is 5. The van der Waals surface area contributed by atoms with Crippen molar-refractivity contribution in [3.63, 3.8) is 0 Å². The molecule has 3 amide bonds. The van der Waals surface area contributed by atoms with E-state index in [0.29, 0.717) is 37.8 Å². The number of nitrogens with one attached hydrogen (secondary N) is 2. The van der Waals surface area contributed by atoms with Gasteiger partial charge >= 0.3 is 5.97 Å². The standard InChI is InChI=1S/C26H40N4O6/c1-5-16(4)22(26(35)36)29-23(32)20(14-17-8-10-18(31)11-9-17)28-24(33)21-7-6-12-30(21)25(34)19(27)13-15(2)3/h8-11,15-16,19-22,31H,5-7,12-14,27H2,1-4H3,(H,28,33)(H,29,32)(H,35,36). The predicted molar refractivity (Wildman–Crippen MR) is 135 cm³/mol. The second kappa shape index (κ2) is 13.2. The van der Waals surface area contributed by atoms with Crippen molar-refractivity contribution in [1.82, 2.24) is 15.5 Å². The van der Waals surface area contributed by atoms with Crippen molar-refractivity contribution >= 4 is 23.7 Å². The van der Waals surface area contributed by atoms with Crippen LogP contribution in [0.25, 0.3) is 0 Å². The summed E-state index contributed by atoms with van der Waals surface area (Å²) in [5.41, 5.74) is 6.75. The van der Waals surface area contributed by atoms with Gasteiger partial charge < -0.3 is 31.5 Å². The maximum Gasteiger partial charge on any atom is 0.326 e. The molecular formula is C26H40N4O6. The van der Waals surface area contributed by atoms with Crippen molar-refractivity contribution in [2.45, 2.75) is 84.0 Å². The monoisotopic (exact) mass is 504 g/mol. The summed E-state index contributed by atoms with van der Waals surface area (Å²) in [5.74, 6) is -2.58. The zero-order chi connectivity index (χ0) is 27.0. The van der Waals surface area contributed by atoms with Gasteiger partial charge in [-0.3, -0.25) is 14.4 Å². The van der Waals surface area contributed by atoms with Gasteiger partial charge in [0.2, 0.25) is 17.7 Å². The highest BCUT2D eigenvalue weighted by Gasteiger charge is 2.38. The Morgan fingerprint density at radius 2 is 1.75 bits per heavy atom. The number of phenolic OH excluding ortho intramolecular Hbond substituents is 1. The Kier molecular flexibility index (Phi) is 10.7. The number of aromatic hydroxyl groups is 1. The fraction of sp³-hybridized carbons (Fsp3) is 0.615. The molecule has 5 atom stereocenters. The third kappa shape index (κ3) is 7.94. The maximum absolute atomic E-state index is 13.3. The number of amides is 3. The normalized spacial score (nSPS) is 18.8. The summed E-state index contributed by atoms with van der Waals surface area (Å²) in [6, 6.07) is 2.55. The average molecular weight is 505 g/mol. The van der Waals surface area contributed by atoms with Crippen molar-refractivity contribution in [2.24, 2.45) is 17.6 Å². The summed E-state index contributed by atoms with van der Waals surface area (Å²) >= 11 is 0. The summed E-state index contributed by atoms with van der Waals surface area (Å²) in [5, 5.41) is 24.5. The molecule has 10 heteroatoms. The molecule has 1 heterocycles. The summed E-state index contributed by atoms with van der Waals surface area (Å²) in [6.45, 7) is 7.91. The van der Waals surface area contributed by atoms with Gasteiger partial charge in [-0.05, 0) is 48.8 Å². The van der Waals surface area contributed by atoms with Crippen LogP contribution in [0.15, 0.2) is 24.3 Å². The van der Waals surface area contributed by atoms with Crippen LogP contribution in [0.3, 0.4) is 0 Å². The number of hydrogen-bond acceptors (Lipinski definition) is 6. The molecule has 0 aromatic heterocycles. The SMILES string of the molecule is CCC(C)C(NC(=O)C(Cc1ccc(O)cc1)NC(=O)C1CCCN1C(=O)C(N)CC(C)C)C(=O)O. The van der Waals surface area contributed by atoms with E-state index in [1.54, 1.807) is 19.1 Å². The van der Waals surface area contributed by atoms with E-state index in [1.807, 2.05) is 20.8 Å². The quantitative estimate of drug-likeness (QED) is 0.287. The Labute approximate surface area is 212 Å². The highest BCUT2D eigenvalue weighted by Crippen LogP contribution is 2.21. The molecule has 1 saturated heterocycles. The molecule has 1 aromatic carbocycles. The zero-order valence-corrected chi connectivity index (χ0v) is 21.6. The Morgan fingerprint density at radius 3 is 2.31 bits per heavy atom. The number of likely N-dealkylation sites (tertiary alicyclic amines) is 1. The van der Waals surface area contributed by atoms with Gasteiger partial charge in [-0.15, -0.1) is 0 Å². The molecule has 1 aliphatic heterocycles. The minimum atomic E-state index is -1.15. The van der Waals surface area contributed by atoms with Crippen LogP contribution >= 0.6 is 0 Å². The Morgan fingerprint density at radius 1 is 1.11 bits per heavy atom. The van der Waals surface area contributed by atoms with Crippen LogP contribution in [0.1, 0.15) is 58.9 Å². The largest absolute Gasteiger partial charge is 0.508 e. The van der Waals surface area contributed by atoms with E-state index in [-0.39, 0.29) is 29.9 Å². The Balaban J connectivity index is 2.22. The average Bonchev–Trinajstić information content (AvgIpc) is 3.31. The van der Waals surface area contributed by atoms with E-state index >= 15 is 0 Å². The van der Waals surface area contributed by atoms with E-state index in [9.17, 15) is 29.4 Å². The van der Waals surface area contributed by atoms with Crippen molar-refractivity contribution in [3.8, 4) is 5.75 Å². The molecule has 0 spiro atoms. The molecule has 1 fully saturated rings. The van der Waals surface area contributed by atoms with Crippen LogP contribution in [0.4, 0.5) is 0 Å². The van der Waals surface area contributed by atoms with Gasteiger partial charge in [0, 0.05) is 13.0 Å². The minimum Gasteiger partial charge on any atom is -0.508 e. The van der Waals surface area contributed by atoms with Crippen molar-refractivity contribution in [3.05, 3.63) is 29.8 Å². The molecule has 0 bridgehead atoms. The summed E-state index contributed by atoms with van der Waals surface area (Å²) < 4.78 is 0. The second-order valence-corrected chi connectivity index (χ2v) is 10.1. The predicted octanol–water partition coefficient (Wildman–Crippen LogP) is 1.40. The fourth-order valence-electron chi connectivity index (χ4n) is 4.41. The summed E-state index contributed by atoms with van der Waals surface area (Å²) in [7, 11) is 0. The molecule has 1 aliphatic rings. The summed E-state index contributed by atoms with van der Waals surface area (Å²) in [4.78, 5) is 52.7. The lowest BCUT2D eigenvalue weighted by atomic mass is 9.98. The fourth-order valence-corrected chi connectivity index (χ4v) is 4.41. The first kappa shape index (κ1) is 29.1. The van der Waals surface area contributed by atoms with Gasteiger partial charge in [0.25, 0.3) is 0 Å². The van der Waals surface area contributed by atoms with Crippen molar-refractivity contribution in [2.75, 3.05) is 6.54 Å². The van der Waals surface area contributed by atoms with Gasteiger partial charge in [-0.2, -0.15) is 0 Å². The molecule has 0 aliphatic carbocycles. The smallest absolute Gasteiger partial charge is 0.326 e. The zero-order valence-electron chi connectivity index (χ0n) is 21.6. The van der Waals surface area contributed by atoms with Crippen LogP contribution in [0.5, 0.6) is 5.75 Å². The first-order valence-electron chi connectivity index (χ1n) is 12.6. The lowest BCUT2D eigenvalue weighted by Crippen LogP contribution is -2.57. The van der Waals surface area contributed by atoms with Crippen LogP contribution in [-0.2, 0) is 25.6 Å². The van der Waals surface area contributed by atoms with Crippen LogP contribution in [-0.4, -0.2) is 69.5 Å². The Bertz CT molecular complexity index is 920. The lowest BCUT2D eigenvalue weighted by Gasteiger charge is -2.29. The van der Waals surface area contributed by atoms with E-state index < -0.39 is 42.0 Å². The number of nitrogens with zero attached hydrogens (tertiary/aromatic N) is 1. The van der Waals surface area contributed by atoms with Crippen molar-refractivity contribution < 1.29 is 29.4 Å². The van der Waals surface area contributed by atoms with E-state index in [4.69, 9.17) is 5.73 Å². The van der Waals surface area contributed by atoms with E-state index in [1.165, 1.54) is 17.0 Å². The topological polar surface area (TPSA) is 162 Å². The number of carboxylic acid groups (broad SMARTS) is 1. The molecule has 10 nitrogen and oxygen atoms in total. The van der Waals surface area contributed by atoms with E-state index in [0.717, 1.165) is 0 Å². The number of aliphatic carboxylic acids is 1. The molecular weight excluding hydrogens is 464 g/mol. The number of carbonyl (C=O) groups excluding carboxylic acids is 3. The highest BCUT2D eigenvalue weighted by atomic mass is 16.4. The molecule has 6 N–H and O–H groups in total.